The molecule has 1 aromatic carbocycles. The molecule has 30 heavy (non-hydrogen) atoms. The van der Waals surface area contributed by atoms with E-state index in [9.17, 15) is 9.59 Å². The van der Waals surface area contributed by atoms with Crippen molar-refractivity contribution in [2.45, 2.75) is 51.6 Å². The van der Waals surface area contributed by atoms with Crippen molar-refractivity contribution in [3.8, 4) is 5.75 Å². The molecule has 0 bridgehead atoms. The van der Waals surface area contributed by atoms with Crippen LogP contribution in [0.3, 0.4) is 0 Å². The van der Waals surface area contributed by atoms with Gasteiger partial charge in [-0.2, -0.15) is 0 Å². The molecule has 2 atom stereocenters. The molecule has 0 aliphatic carbocycles. The zero-order valence-corrected chi connectivity index (χ0v) is 18.1. The van der Waals surface area contributed by atoms with Crippen LogP contribution in [0.25, 0.3) is 0 Å². The molecule has 2 amide bonds. The van der Waals surface area contributed by atoms with Gasteiger partial charge in [0.15, 0.2) is 0 Å². The minimum absolute atomic E-state index is 0.115. The largest absolute Gasteiger partial charge is 0.493 e. The van der Waals surface area contributed by atoms with Crippen LogP contribution in [0.1, 0.15) is 55.8 Å². The molecule has 0 saturated carbocycles. The molecule has 6 heteroatoms. The molecular formula is C24H34N2O4. The van der Waals surface area contributed by atoms with E-state index in [2.05, 4.69) is 6.92 Å². The minimum Gasteiger partial charge on any atom is -0.493 e. The average Bonchev–Trinajstić information content (AvgIpc) is 3.33. The molecule has 3 aliphatic heterocycles. The summed E-state index contributed by atoms with van der Waals surface area (Å²) in [5.74, 6) is 2.08. The molecule has 0 radical (unpaired) electrons. The Morgan fingerprint density at radius 1 is 1.00 bits per heavy atom. The molecule has 3 aliphatic rings. The number of carbonyl (C=O) groups is 2. The quantitative estimate of drug-likeness (QED) is 0.741. The van der Waals surface area contributed by atoms with Gasteiger partial charge in [0.1, 0.15) is 11.9 Å². The van der Waals surface area contributed by atoms with Gasteiger partial charge in [0.25, 0.3) is 11.8 Å². The standard InChI is InChI=1S/C24H34N2O4/c1-18-10-13-25(14-11-18)23(27)20-6-8-21(9-7-20)30-17-19-4-2-12-26(16-19)24(28)22-5-3-15-29-22/h6-9,18-19,22H,2-5,10-17H2,1H3/t19-,22-/m0/s1. The van der Waals surface area contributed by atoms with Gasteiger partial charge in [-0.15, -0.1) is 0 Å². The van der Waals surface area contributed by atoms with E-state index >= 15 is 0 Å². The first-order valence-electron chi connectivity index (χ1n) is 11.5. The second-order valence-electron chi connectivity index (χ2n) is 9.10. The van der Waals surface area contributed by atoms with E-state index in [1.54, 1.807) is 0 Å². The van der Waals surface area contributed by atoms with Gasteiger partial charge in [-0.3, -0.25) is 9.59 Å². The summed E-state index contributed by atoms with van der Waals surface area (Å²) in [6.45, 7) is 6.79. The first kappa shape index (κ1) is 21.2. The van der Waals surface area contributed by atoms with E-state index in [-0.39, 0.29) is 17.9 Å². The highest BCUT2D eigenvalue weighted by atomic mass is 16.5. The van der Waals surface area contributed by atoms with Crippen LogP contribution in [0.5, 0.6) is 5.75 Å². The van der Waals surface area contributed by atoms with E-state index in [1.807, 2.05) is 34.1 Å². The highest BCUT2D eigenvalue weighted by Crippen LogP contribution is 2.23. The Balaban J connectivity index is 1.25. The lowest BCUT2D eigenvalue weighted by atomic mass is 9.98. The van der Waals surface area contributed by atoms with Gasteiger partial charge in [0.05, 0.1) is 6.61 Å². The third-order valence-corrected chi connectivity index (χ3v) is 6.69. The zero-order valence-electron chi connectivity index (χ0n) is 18.1. The van der Waals surface area contributed by atoms with E-state index < -0.39 is 0 Å². The molecule has 164 valence electrons. The molecule has 1 aromatic rings. The van der Waals surface area contributed by atoms with Crippen LogP contribution >= 0.6 is 0 Å². The van der Waals surface area contributed by atoms with Gasteiger partial charge < -0.3 is 19.3 Å². The van der Waals surface area contributed by atoms with E-state index in [0.29, 0.717) is 25.0 Å². The van der Waals surface area contributed by atoms with Crippen molar-refractivity contribution in [1.82, 2.24) is 9.80 Å². The van der Waals surface area contributed by atoms with Crippen LogP contribution in [-0.2, 0) is 9.53 Å². The lowest BCUT2D eigenvalue weighted by molar-refractivity contribution is -0.143. The molecule has 0 spiro atoms. The third-order valence-electron chi connectivity index (χ3n) is 6.69. The third kappa shape index (κ3) is 5.15. The Labute approximate surface area is 179 Å². The highest BCUT2D eigenvalue weighted by molar-refractivity contribution is 5.94. The summed E-state index contributed by atoms with van der Waals surface area (Å²) in [6.07, 6.45) is 5.83. The van der Waals surface area contributed by atoms with Crippen LogP contribution in [0.2, 0.25) is 0 Å². The van der Waals surface area contributed by atoms with Crippen LogP contribution in [0.15, 0.2) is 24.3 Å². The van der Waals surface area contributed by atoms with Crippen molar-refractivity contribution in [2.24, 2.45) is 11.8 Å². The maximum atomic E-state index is 12.7. The zero-order chi connectivity index (χ0) is 20.9. The molecular weight excluding hydrogens is 380 g/mol. The summed E-state index contributed by atoms with van der Waals surface area (Å²) >= 11 is 0. The first-order valence-corrected chi connectivity index (χ1v) is 11.5. The predicted octanol–water partition coefficient (Wildman–Crippen LogP) is 3.36. The van der Waals surface area contributed by atoms with E-state index in [0.717, 1.165) is 76.0 Å². The summed E-state index contributed by atoms with van der Waals surface area (Å²) in [7, 11) is 0. The van der Waals surface area contributed by atoms with Crippen LogP contribution in [-0.4, -0.2) is 67.1 Å². The van der Waals surface area contributed by atoms with Crippen molar-refractivity contribution in [2.75, 3.05) is 39.4 Å². The maximum absolute atomic E-state index is 12.7. The Kier molecular flexibility index (Phi) is 6.93. The number of carbonyl (C=O) groups excluding carboxylic acids is 2. The van der Waals surface area contributed by atoms with Crippen LogP contribution in [0.4, 0.5) is 0 Å². The normalized spacial score (nSPS) is 25.4. The number of hydrogen-bond donors (Lipinski definition) is 0. The number of piperidine rings is 2. The summed E-state index contributed by atoms with van der Waals surface area (Å²) in [5, 5.41) is 0. The van der Waals surface area contributed by atoms with Crippen molar-refractivity contribution < 1.29 is 19.1 Å². The monoisotopic (exact) mass is 414 g/mol. The fourth-order valence-electron chi connectivity index (χ4n) is 4.68. The lowest BCUT2D eigenvalue weighted by Gasteiger charge is -2.34. The van der Waals surface area contributed by atoms with E-state index in [4.69, 9.17) is 9.47 Å². The van der Waals surface area contributed by atoms with Crippen molar-refractivity contribution in [3.05, 3.63) is 29.8 Å². The van der Waals surface area contributed by atoms with Gasteiger partial charge in [-0.25, -0.2) is 0 Å². The summed E-state index contributed by atoms with van der Waals surface area (Å²) in [6, 6.07) is 7.50. The summed E-state index contributed by atoms with van der Waals surface area (Å²) in [5.41, 5.74) is 0.725. The number of ether oxygens (including phenoxy) is 2. The van der Waals surface area contributed by atoms with Crippen LogP contribution in [0, 0.1) is 11.8 Å². The molecule has 0 aromatic heterocycles. The van der Waals surface area contributed by atoms with Gasteiger partial charge in [-0.05, 0) is 68.7 Å². The second-order valence-corrected chi connectivity index (χ2v) is 9.10. The minimum atomic E-state index is -0.238. The molecule has 0 unspecified atom stereocenters. The molecule has 3 heterocycles. The summed E-state index contributed by atoms with van der Waals surface area (Å²) in [4.78, 5) is 29.2. The van der Waals surface area contributed by atoms with Gasteiger partial charge >= 0.3 is 0 Å². The van der Waals surface area contributed by atoms with Gasteiger partial charge in [0.2, 0.25) is 0 Å². The molecule has 6 nitrogen and oxygen atoms in total. The topological polar surface area (TPSA) is 59.1 Å². The summed E-state index contributed by atoms with van der Waals surface area (Å²) < 4.78 is 11.6. The lowest BCUT2D eigenvalue weighted by Crippen LogP contribution is -2.45. The highest BCUT2D eigenvalue weighted by Gasteiger charge is 2.31. The van der Waals surface area contributed by atoms with Gasteiger partial charge in [-0.1, -0.05) is 6.92 Å². The first-order chi connectivity index (χ1) is 14.6. The number of amides is 2. The second kappa shape index (κ2) is 9.82. The molecule has 3 saturated heterocycles. The van der Waals surface area contributed by atoms with Crippen molar-refractivity contribution in [1.29, 1.82) is 0 Å². The maximum Gasteiger partial charge on any atom is 0.253 e. The number of hydrogen-bond acceptors (Lipinski definition) is 4. The molecule has 0 N–H and O–H groups in total. The molecule has 4 rings (SSSR count). The number of nitrogens with zero attached hydrogens (tertiary/aromatic N) is 2. The Hall–Kier alpha value is -2.08. The van der Waals surface area contributed by atoms with E-state index in [1.165, 1.54) is 0 Å². The fourth-order valence-corrected chi connectivity index (χ4v) is 4.68. The van der Waals surface area contributed by atoms with Crippen LogP contribution < -0.4 is 4.74 Å². The van der Waals surface area contributed by atoms with Crippen molar-refractivity contribution >= 4 is 11.8 Å². The Morgan fingerprint density at radius 2 is 1.77 bits per heavy atom. The number of benzene rings is 1. The Bertz CT molecular complexity index is 721. The van der Waals surface area contributed by atoms with Crippen molar-refractivity contribution in [3.63, 3.8) is 0 Å². The number of likely N-dealkylation sites (tertiary alicyclic amines) is 2. The van der Waals surface area contributed by atoms with Gasteiger partial charge in [0, 0.05) is 44.3 Å². The number of rotatable bonds is 5. The smallest absolute Gasteiger partial charge is 0.253 e. The SMILES string of the molecule is CC1CCN(C(=O)c2ccc(OC[C@H]3CCCN(C(=O)[C@@H]4CCCO4)C3)cc2)CC1. The predicted molar refractivity (Wildman–Crippen MR) is 115 cm³/mol. The molecule has 3 fully saturated rings. The average molecular weight is 415 g/mol. The Morgan fingerprint density at radius 3 is 2.47 bits per heavy atom. The fraction of sp³-hybridized carbons (Fsp3) is 0.667.